The van der Waals surface area contributed by atoms with Gasteiger partial charge in [0.15, 0.2) is 0 Å². The molecule has 4 heteroatoms. The lowest BCUT2D eigenvalue weighted by Crippen LogP contribution is -2.26. The molecule has 74 valence electrons. The van der Waals surface area contributed by atoms with Gasteiger partial charge in [-0.2, -0.15) is 0 Å². The smallest absolute Gasteiger partial charge is 0.148 e. The van der Waals surface area contributed by atoms with Gasteiger partial charge in [0, 0.05) is 12.1 Å². The molecule has 1 fully saturated rings. The van der Waals surface area contributed by atoms with Crippen LogP contribution in [0.5, 0.6) is 0 Å². The zero-order chi connectivity index (χ0) is 9.38. The molecule has 2 aromatic heterocycles. The van der Waals surface area contributed by atoms with E-state index in [0.29, 0.717) is 5.92 Å². The highest BCUT2D eigenvalue weighted by atomic mass is 32.1. The van der Waals surface area contributed by atoms with Crippen molar-refractivity contribution < 1.29 is 0 Å². The van der Waals surface area contributed by atoms with Gasteiger partial charge in [-0.05, 0) is 32.0 Å². The normalized spacial score (nSPS) is 19.1. The highest BCUT2D eigenvalue weighted by Gasteiger charge is 2.18. The minimum absolute atomic E-state index is 0.682. The van der Waals surface area contributed by atoms with Crippen LogP contribution in [0.25, 0.3) is 10.3 Å². The van der Waals surface area contributed by atoms with E-state index in [4.69, 9.17) is 0 Å². The van der Waals surface area contributed by atoms with Crippen LogP contribution in [0.1, 0.15) is 23.8 Å². The summed E-state index contributed by atoms with van der Waals surface area (Å²) < 4.78 is 1.29. The molecule has 0 saturated carbocycles. The van der Waals surface area contributed by atoms with E-state index in [1.54, 1.807) is 0 Å². The number of aromatic nitrogens is 2. The van der Waals surface area contributed by atoms with Gasteiger partial charge in [0.2, 0.25) is 0 Å². The molecule has 3 rings (SSSR count). The highest BCUT2D eigenvalue weighted by molar-refractivity contribution is 7.18. The number of H-pyrrole nitrogens is 1. The Kier molecular flexibility index (Phi) is 2.03. The molecule has 2 N–H and O–H groups in total. The Morgan fingerprint density at radius 3 is 3.00 bits per heavy atom. The van der Waals surface area contributed by atoms with Crippen LogP contribution in [-0.4, -0.2) is 23.1 Å². The first-order valence-electron chi connectivity index (χ1n) is 5.08. The third-order valence-corrected chi connectivity index (χ3v) is 4.00. The molecular weight excluding hydrogens is 194 g/mol. The predicted octanol–water partition coefficient (Wildman–Crippen LogP) is 2.09. The monoisotopic (exact) mass is 207 g/mol. The van der Waals surface area contributed by atoms with Crippen molar-refractivity contribution in [1.82, 2.24) is 15.3 Å². The van der Waals surface area contributed by atoms with E-state index in [1.165, 1.54) is 22.5 Å². The summed E-state index contributed by atoms with van der Waals surface area (Å²) in [4.78, 5) is 7.79. The molecule has 0 aliphatic carbocycles. The summed E-state index contributed by atoms with van der Waals surface area (Å²) in [7, 11) is 0. The van der Waals surface area contributed by atoms with Crippen LogP contribution in [0.4, 0.5) is 0 Å². The Balaban J connectivity index is 1.92. The van der Waals surface area contributed by atoms with Gasteiger partial charge in [0.25, 0.3) is 0 Å². The van der Waals surface area contributed by atoms with E-state index in [-0.39, 0.29) is 0 Å². The Morgan fingerprint density at radius 1 is 1.36 bits per heavy atom. The molecule has 0 unspecified atom stereocenters. The second-order valence-electron chi connectivity index (χ2n) is 3.77. The van der Waals surface area contributed by atoms with Crippen LogP contribution < -0.4 is 5.32 Å². The number of thiazole rings is 1. The lowest BCUT2D eigenvalue weighted by Gasteiger charge is -2.20. The van der Waals surface area contributed by atoms with E-state index in [9.17, 15) is 0 Å². The van der Waals surface area contributed by atoms with Gasteiger partial charge < -0.3 is 10.3 Å². The van der Waals surface area contributed by atoms with Crippen molar-refractivity contribution >= 4 is 21.7 Å². The lowest BCUT2D eigenvalue weighted by molar-refractivity contribution is 0.459. The Morgan fingerprint density at radius 2 is 2.21 bits per heavy atom. The fourth-order valence-electron chi connectivity index (χ4n) is 2.01. The van der Waals surface area contributed by atoms with Gasteiger partial charge in [-0.25, -0.2) is 4.98 Å². The third-order valence-electron chi connectivity index (χ3n) is 2.81. The van der Waals surface area contributed by atoms with Crippen LogP contribution in [0.3, 0.4) is 0 Å². The number of piperidine rings is 1. The molecule has 0 bridgehead atoms. The second-order valence-corrected chi connectivity index (χ2v) is 4.83. The predicted molar refractivity (Wildman–Crippen MR) is 58.8 cm³/mol. The first-order chi connectivity index (χ1) is 6.93. The number of nitrogens with zero attached hydrogens (tertiary/aromatic N) is 1. The van der Waals surface area contributed by atoms with E-state index < -0.39 is 0 Å². The largest absolute Gasteiger partial charge is 0.345 e. The molecule has 1 aliphatic heterocycles. The molecule has 3 nitrogen and oxygen atoms in total. The Bertz CT molecular complexity index is 397. The van der Waals surface area contributed by atoms with Crippen molar-refractivity contribution in [2.75, 3.05) is 13.1 Å². The maximum Gasteiger partial charge on any atom is 0.148 e. The van der Waals surface area contributed by atoms with Crippen molar-refractivity contribution in [2.24, 2.45) is 0 Å². The van der Waals surface area contributed by atoms with Crippen LogP contribution >= 0.6 is 11.3 Å². The van der Waals surface area contributed by atoms with Gasteiger partial charge in [-0.3, -0.25) is 0 Å². The Hall–Kier alpha value is -0.870. The molecule has 0 radical (unpaired) electrons. The molecule has 2 aromatic rings. The zero-order valence-corrected chi connectivity index (χ0v) is 8.73. The first kappa shape index (κ1) is 8.44. The molecule has 0 atom stereocenters. The summed E-state index contributed by atoms with van der Waals surface area (Å²) >= 11 is 1.84. The minimum Gasteiger partial charge on any atom is -0.345 e. The lowest BCUT2D eigenvalue weighted by atomic mass is 9.99. The number of aromatic amines is 1. The molecule has 0 spiro atoms. The van der Waals surface area contributed by atoms with Gasteiger partial charge in [-0.15, -0.1) is 11.3 Å². The molecule has 1 aliphatic rings. The fourth-order valence-corrected chi connectivity index (χ4v) is 3.11. The van der Waals surface area contributed by atoms with Crippen molar-refractivity contribution in [3.63, 3.8) is 0 Å². The van der Waals surface area contributed by atoms with Gasteiger partial charge in [0.1, 0.15) is 5.65 Å². The maximum atomic E-state index is 4.63. The number of nitrogens with one attached hydrogen (secondary N) is 2. The van der Waals surface area contributed by atoms with Crippen LogP contribution in [0, 0.1) is 0 Å². The topological polar surface area (TPSA) is 40.7 Å². The zero-order valence-electron chi connectivity index (χ0n) is 7.92. The van der Waals surface area contributed by atoms with Crippen molar-refractivity contribution in [3.8, 4) is 0 Å². The van der Waals surface area contributed by atoms with E-state index in [0.717, 1.165) is 18.7 Å². The third kappa shape index (κ3) is 1.35. The summed E-state index contributed by atoms with van der Waals surface area (Å²) in [5, 5.41) is 4.69. The van der Waals surface area contributed by atoms with Gasteiger partial charge >= 0.3 is 0 Å². The number of hydrogen-bond acceptors (Lipinski definition) is 3. The van der Waals surface area contributed by atoms with Crippen molar-refractivity contribution in [2.45, 2.75) is 18.8 Å². The number of hydrogen-bond donors (Lipinski definition) is 2. The molecule has 1 saturated heterocycles. The van der Waals surface area contributed by atoms with Crippen molar-refractivity contribution in [1.29, 1.82) is 0 Å². The first-order valence-corrected chi connectivity index (χ1v) is 5.89. The number of rotatable bonds is 1. The van der Waals surface area contributed by atoms with E-state index in [2.05, 4.69) is 21.4 Å². The summed E-state index contributed by atoms with van der Waals surface area (Å²) in [6.45, 7) is 2.27. The summed E-state index contributed by atoms with van der Waals surface area (Å²) in [6, 6.07) is 2.11. The maximum absolute atomic E-state index is 4.63. The summed E-state index contributed by atoms with van der Waals surface area (Å²) in [5.74, 6) is 0.682. The van der Waals surface area contributed by atoms with E-state index in [1.807, 2.05) is 17.5 Å². The molecule has 14 heavy (non-hydrogen) atoms. The van der Waals surface area contributed by atoms with E-state index >= 15 is 0 Å². The van der Waals surface area contributed by atoms with Crippen LogP contribution in [0.2, 0.25) is 0 Å². The highest BCUT2D eigenvalue weighted by Crippen LogP contribution is 2.31. The average molecular weight is 207 g/mol. The van der Waals surface area contributed by atoms with Gasteiger partial charge in [-0.1, -0.05) is 0 Å². The SMILES string of the molecule is c1cc2sc(C3CCNCC3)nc2[nH]1. The molecule has 3 heterocycles. The van der Waals surface area contributed by atoms with Gasteiger partial charge in [0.05, 0.1) is 9.71 Å². The number of fused-ring (bicyclic) bond motifs is 1. The molecular formula is C10H13N3S. The quantitative estimate of drug-likeness (QED) is 0.751. The fraction of sp³-hybridized carbons (Fsp3) is 0.500. The molecule has 0 aromatic carbocycles. The second kappa shape index (κ2) is 3.37. The van der Waals surface area contributed by atoms with Crippen LogP contribution in [-0.2, 0) is 0 Å². The average Bonchev–Trinajstić information content (AvgIpc) is 2.78. The summed E-state index contributed by atoms with van der Waals surface area (Å²) in [5.41, 5.74) is 1.06. The molecule has 0 amide bonds. The van der Waals surface area contributed by atoms with Crippen LogP contribution in [0.15, 0.2) is 12.3 Å². The summed E-state index contributed by atoms with van der Waals surface area (Å²) in [6.07, 6.45) is 4.42. The standard InChI is InChI=1S/C10H13N3S/c1-4-11-5-2-7(1)10-13-9-8(14-10)3-6-12-9/h3,6-7,11-12H,1-2,4-5H2. The van der Waals surface area contributed by atoms with Crippen molar-refractivity contribution in [3.05, 3.63) is 17.3 Å². The Labute approximate surface area is 86.6 Å². The minimum atomic E-state index is 0.682.